The first-order valence-electron chi connectivity index (χ1n) is 7.39. The first kappa shape index (κ1) is 20.6. The number of ether oxygens (including phenoxy) is 1. The van der Waals surface area contributed by atoms with Crippen molar-refractivity contribution >= 4 is 52.8 Å². The molecule has 0 fully saturated rings. The second-order valence-electron chi connectivity index (χ2n) is 5.22. The van der Waals surface area contributed by atoms with E-state index >= 15 is 0 Å². The number of urea groups is 1. The number of carbonyl (C=O) groups excluding carboxylic acids is 2. The van der Waals surface area contributed by atoms with E-state index in [0.29, 0.717) is 10.6 Å². The van der Waals surface area contributed by atoms with E-state index in [2.05, 4.69) is 0 Å². The lowest BCUT2D eigenvalue weighted by Crippen LogP contribution is -2.35. The fraction of sp³-hybridized carbons (Fsp3) is 0.0556. The van der Waals surface area contributed by atoms with Crippen molar-refractivity contribution in [3.63, 3.8) is 0 Å². The SMILES string of the molecule is N#C/C(=C/c1cc(Cl)c(OCc2ccc(Cl)cc2)c(Cl)c1)C(=O)NC(N)=O. The first-order valence-corrected chi connectivity index (χ1v) is 8.52. The molecule has 0 saturated heterocycles. The van der Waals surface area contributed by atoms with Gasteiger partial charge >= 0.3 is 6.03 Å². The van der Waals surface area contributed by atoms with Crippen LogP contribution in [0.5, 0.6) is 5.75 Å². The first-order chi connectivity index (χ1) is 12.8. The van der Waals surface area contributed by atoms with Gasteiger partial charge in [0.25, 0.3) is 5.91 Å². The van der Waals surface area contributed by atoms with E-state index in [1.54, 1.807) is 35.7 Å². The second kappa shape index (κ2) is 9.28. The number of rotatable bonds is 5. The highest BCUT2D eigenvalue weighted by atomic mass is 35.5. The third-order valence-corrected chi connectivity index (χ3v) is 4.04. The van der Waals surface area contributed by atoms with Crippen molar-refractivity contribution in [1.82, 2.24) is 5.32 Å². The summed E-state index contributed by atoms with van der Waals surface area (Å²) in [5, 5.41) is 11.9. The van der Waals surface area contributed by atoms with Gasteiger partial charge in [0.1, 0.15) is 18.2 Å². The molecule has 2 aromatic carbocycles. The van der Waals surface area contributed by atoms with Gasteiger partial charge in [-0.3, -0.25) is 10.1 Å². The summed E-state index contributed by atoms with van der Waals surface area (Å²) < 4.78 is 5.65. The Morgan fingerprint density at radius 1 is 1.15 bits per heavy atom. The number of nitriles is 1. The summed E-state index contributed by atoms with van der Waals surface area (Å²) in [5.74, 6) is -0.675. The predicted octanol–water partition coefficient (Wildman–Crippen LogP) is 4.33. The standard InChI is InChI=1S/C18H12Cl3N3O3/c19-13-3-1-10(2-4-13)9-27-16-14(20)6-11(7-15(16)21)5-12(8-22)17(25)24-18(23)26/h1-7H,9H2,(H3,23,24,25,26)/b12-5-. The average Bonchev–Trinajstić information content (AvgIpc) is 2.59. The predicted molar refractivity (Wildman–Crippen MR) is 104 cm³/mol. The van der Waals surface area contributed by atoms with Crippen LogP contribution < -0.4 is 15.8 Å². The summed E-state index contributed by atoms with van der Waals surface area (Å²) in [6, 6.07) is 10.6. The summed E-state index contributed by atoms with van der Waals surface area (Å²) in [6.45, 7) is 0.219. The summed E-state index contributed by atoms with van der Waals surface area (Å²) in [5.41, 5.74) is 5.77. The average molecular weight is 425 g/mol. The van der Waals surface area contributed by atoms with Crippen molar-refractivity contribution < 1.29 is 14.3 Å². The number of nitrogens with one attached hydrogen (secondary N) is 1. The fourth-order valence-electron chi connectivity index (χ4n) is 2.03. The molecule has 2 aromatic rings. The van der Waals surface area contributed by atoms with Crippen LogP contribution in [0, 0.1) is 11.3 Å². The molecule has 3 amide bonds. The highest BCUT2D eigenvalue weighted by Gasteiger charge is 2.14. The van der Waals surface area contributed by atoms with Gasteiger partial charge < -0.3 is 10.5 Å². The quantitative estimate of drug-likeness (QED) is 0.550. The highest BCUT2D eigenvalue weighted by Crippen LogP contribution is 2.35. The van der Waals surface area contributed by atoms with Gasteiger partial charge in [0.15, 0.2) is 5.75 Å². The maximum atomic E-state index is 11.7. The van der Waals surface area contributed by atoms with Gasteiger partial charge in [0, 0.05) is 5.02 Å². The van der Waals surface area contributed by atoms with Gasteiger partial charge in [0.2, 0.25) is 0 Å². The number of halogens is 3. The zero-order chi connectivity index (χ0) is 20.0. The van der Waals surface area contributed by atoms with Crippen LogP contribution in [0.25, 0.3) is 6.08 Å². The Hall–Kier alpha value is -2.72. The molecule has 3 N–H and O–H groups in total. The Bertz CT molecular complexity index is 928. The normalized spacial score (nSPS) is 10.8. The second-order valence-corrected chi connectivity index (χ2v) is 6.47. The van der Waals surface area contributed by atoms with E-state index in [1.807, 2.05) is 0 Å². The highest BCUT2D eigenvalue weighted by molar-refractivity contribution is 6.37. The molecule has 27 heavy (non-hydrogen) atoms. The molecule has 0 spiro atoms. The molecule has 0 unspecified atom stereocenters. The van der Waals surface area contributed by atoms with Gasteiger partial charge in [-0.05, 0) is 41.5 Å². The summed E-state index contributed by atoms with van der Waals surface area (Å²) in [4.78, 5) is 22.4. The maximum Gasteiger partial charge on any atom is 0.319 e. The molecular formula is C18H12Cl3N3O3. The third kappa shape index (κ3) is 5.90. The molecule has 0 saturated carbocycles. The van der Waals surface area contributed by atoms with Gasteiger partial charge in [-0.25, -0.2) is 4.79 Å². The summed E-state index contributed by atoms with van der Waals surface area (Å²) in [6.07, 6.45) is 1.22. The van der Waals surface area contributed by atoms with Crippen LogP contribution in [0.1, 0.15) is 11.1 Å². The molecule has 0 aliphatic carbocycles. The van der Waals surface area contributed by atoms with Crippen LogP contribution in [0.3, 0.4) is 0 Å². The Kier molecular flexibility index (Phi) is 7.08. The van der Waals surface area contributed by atoms with Crippen LogP contribution in [0.15, 0.2) is 42.0 Å². The van der Waals surface area contributed by atoms with Crippen LogP contribution in [0.4, 0.5) is 4.79 Å². The molecule has 0 heterocycles. The van der Waals surface area contributed by atoms with Crippen molar-refractivity contribution in [2.75, 3.05) is 0 Å². The molecule has 0 radical (unpaired) electrons. The number of nitrogens with two attached hydrogens (primary N) is 1. The van der Waals surface area contributed by atoms with E-state index in [0.717, 1.165) is 5.56 Å². The van der Waals surface area contributed by atoms with E-state index in [1.165, 1.54) is 18.2 Å². The number of carbonyl (C=O) groups is 2. The number of benzene rings is 2. The lowest BCUT2D eigenvalue weighted by atomic mass is 10.1. The molecule has 0 bridgehead atoms. The van der Waals surface area contributed by atoms with Crippen molar-refractivity contribution in [2.24, 2.45) is 5.73 Å². The van der Waals surface area contributed by atoms with Crippen molar-refractivity contribution in [2.45, 2.75) is 6.61 Å². The molecule has 2 rings (SSSR count). The van der Waals surface area contributed by atoms with E-state index < -0.39 is 11.9 Å². The minimum atomic E-state index is -1.07. The number of hydrogen-bond donors (Lipinski definition) is 2. The summed E-state index contributed by atoms with van der Waals surface area (Å²) >= 11 is 18.2. The van der Waals surface area contributed by atoms with E-state index in [9.17, 15) is 9.59 Å². The molecular weight excluding hydrogens is 413 g/mol. The molecule has 138 valence electrons. The topological polar surface area (TPSA) is 105 Å². The Morgan fingerprint density at radius 3 is 2.26 bits per heavy atom. The number of nitrogens with zero attached hydrogens (tertiary/aromatic N) is 1. The Labute approximate surface area is 170 Å². The molecule has 9 heteroatoms. The minimum absolute atomic E-state index is 0.190. The lowest BCUT2D eigenvalue weighted by molar-refractivity contribution is -0.115. The number of amides is 3. The monoisotopic (exact) mass is 423 g/mol. The molecule has 0 aromatic heterocycles. The maximum absolute atomic E-state index is 11.7. The molecule has 6 nitrogen and oxygen atoms in total. The van der Waals surface area contributed by atoms with Gasteiger partial charge in [-0.2, -0.15) is 5.26 Å². The van der Waals surface area contributed by atoms with Crippen molar-refractivity contribution in [3.05, 3.63) is 68.2 Å². The van der Waals surface area contributed by atoms with Crippen LogP contribution in [-0.2, 0) is 11.4 Å². The van der Waals surface area contributed by atoms with Gasteiger partial charge in [-0.15, -0.1) is 0 Å². The smallest absolute Gasteiger partial charge is 0.319 e. The molecule has 0 atom stereocenters. The number of primary amides is 1. The zero-order valence-corrected chi connectivity index (χ0v) is 15.9. The molecule has 0 aliphatic rings. The Morgan fingerprint density at radius 2 is 1.74 bits per heavy atom. The Balaban J connectivity index is 2.21. The van der Waals surface area contributed by atoms with Crippen molar-refractivity contribution in [1.29, 1.82) is 5.26 Å². The van der Waals surface area contributed by atoms with Crippen LogP contribution in [-0.4, -0.2) is 11.9 Å². The van der Waals surface area contributed by atoms with Crippen LogP contribution >= 0.6 is 34.8 Å². The van der Waals surface area contributed by atoms with E-state index in [-0.39, 0.29) is 28.0 Å². The third-order valence-electron chi connectivity index (χ3n) is 3.23. The lowest BCUT2D eigenvalue weighted by Gasteiger charge is -2.11. The number of hydrogen-bond acceptors (Lipinski definition) is 4. The summed E-state index contributed by atoms with van der Waals surface area (Å²) in [7, 11) is 0. The number of imide groups is 1. The van der Waals surface area contributed by atoms with Gasteiger partial charge in [-0.1, -0.05) is 46.9 Å². The van der Waals surface area contributed by atoms with Gasteiger partial charge in [0.05, 0.1) is 10.0 Å². The minimum Gasteiger partial charge on any atom is -0.486 e. The van der Waals surface area contributed by atoms with Crippen molar-refractivity contribution in [3.8, 4) is 11.8 Å². The van der Waals surface area contributed by atoms with Crippen LogP contribution in [0.2, 0.25) is 15.1 Å². The fourth-order valence-corrected chi connectivity index (χ4v) is 2.77. The molecule has 0 aliphatic heterocycles. The van der Waals surface area contributed by atoms with E-state index in [4.69, 9.17) is 50.5 Å². The zero-order valence-electron chi connectivity index (χ0n) is 13.6. The largest absolute Gasteiger partial charge is 0.486 e.